The van der Waals surface area contributed by atoms with E-state index in [0.717, 1.165) is 68.8 Å². The van der Waals surface area contributed by atoms with Crippen molar-refractivity contribution in [3.05, 3.63) is 41.5 Å². The van der Waals surface area contributed by atoms with Gasteiger partial charge in [0.05, 0.1) is 30.2 Å². The number of Topliss-reactive ketones (excluding diaryl/α,β-unsaturated/α-hetero) is 1. The molecular formula is C56H93N3O8. The number of nitrogens with one attached hydrogen (secondary N) is 2. The van der Waals surface area contributed by atoms with Gasteiger partial charge in [-0.1, -0.05) is 146 Å². The lowest BCUT2D eigenvalue weighted by molar-refractivity contribution is -0.143. The maximum atomic E-state index is 15.4. The molecule has 1 saturated carbocycles. The molecule has 2 aliphatic rings. The Kier molecular flexibility index (Phi) is 23.9. The zero-order chi connectivity index (χ0) is 50.3. The van der Waals surface area contributed by atoms with Gasteiger partial charge in [-0.05, 0) is 103 Å². The van der Waals surface area contributed by atoms with Gasteiger partial charge in [-0.2, -0.15) is 0 Å². The van der Waals surface area contributed by atoms with Crippen LogP contribution in [-0.4, -0.2) is 90.4 Å². The molecule has 1 fully saturated rings. The van der Waals surface area contributed by atoms with Gasteiger partial charge in [0.15, 0.2) is 5.78 Å². The first-order valence-corrected chi connectivity index (χ1v) is 26.1. The van der Waals surface area contributed by atoms with Crippen molar-refractivity contribution in [2.75, 3.05) is 14.2 Å². The Labute approximate surface area is 406 Å². The first-order chi connectivity index (χ1) is 31.6. The van der Waals surface area contributed by atoms with E-state index >= 15 is 9.59 Å². The summed E-state index contributed by atoms with van der Waals surface area (Å²) in [6, 6.07) is 5.47. The number of amides is 3. The van der Waals surface area contributed by atoms with Crippen LogP contribution >= 0.6 is 0 Å². The summed E-state index contributed by atoms with van der Waals surface area (Å²) in [7, 11) is 3.34. The maximum Gasteiger partial charge on any atom is 0.243 e. The molecule has 0 aromatic heterocycles. The van der Waals surface area contributed by atoms with Crippen LogP contribution in [0.1, 0.15) is 178 Å². The van der Waals surface area contributed by atoms with Crippen molar-refractivity contribution in [3.63, 3.8) is 0 Å². The molecule has 15 atom stereocenters. The fraction of sp³-hybridized carbons (Fsp3) is 0.768. The standard InChI is InChI=1S/C56H93N3O8/c1-16-18-22-35(7)28-37(9)56(65)59(14)48(27-34(5)6)54(63)57-46(26-33(3)4)53(62)41(13)51(45-31-49(66-15)43-25-21-20-24-42(43)45)55(64)58-47(29-36(8)23-19-17-2)52(61)40(12)39(11)44-30-50(44)67-38(10)32-60/h20-21,24-25,31-41,44,46-52,61H,16-19,22-23,26-30H2,1-15H3,(H,57,63)(H,58,64)/t35-,36?,37?,38-,39-,40?,41?,44?,46?,47?,48?,49?,50?,51?,52?/m1/s1. The van der Waals surface area contributed by atoms with E-state index in [1.165, 1.54) is 0 Å². The van der Waals surface area contributed by atoms with Crippen molar-refractivity contribution in [2.45, 2.75) is 203 Å². The number of rotatable bonds is 32. The predicted octanol–water partition coefficient (Wildman–Crippen LogP) is 10.2. The average molecular weight is 936 g/mol. The van der Waals surface area contributed by atoms with Gasteiger partial charge in [0.25, 0.3) is 0 Å². The van der Waals surface area contributed by atoms with Gasteiger partial charge in [-0.3, -0.25) is 19.2 Å². The normalized spacial score (nSPS) is 22.2. The lowest BCUT2D eigenvalue weighted by Crippen LogP contribution is -2.55. The van der Waals surface area contributed by atoms with Crippen molar-refractivity contribution in [1.29, 1.82) is 0 Å². The van der Waals surface area contributed by atoms with Crippen LogP contribution in [-0.2, 0) is 33.4 Å². The van der Waals surface area contributed by atoms with Crippen molar-refractivity contribution < 1.29 is 38.6 Å². The van der Waals surface area contributed by atoms with Crippen LogP contribution in [0.4, 0.5) is 0 Å². The first kappa shape index (κ1) is 57.9. The SMILES string of the molecule is CCCCC(C)CC(NC(=O)C(C1=CC(OC)c2ccccc21)C(C)C(=O)C(CC(C)C)NC(=O)C(CC(C)C)N(C)C(=O)C(C)C[C@H](C)CCCC)C(O)C(C)[C@@H](C)C1CC1O[C@H](C)C=O. The van der Waals surface area contributed by atoms with Crippen LogP contribution in [0.3, 0.4) is 0 Å². The highest BCUT2D eigenvalue weighted by Gasteiger charge is 2.48. The second-order valence-corrected chi connectivity index (χ2v) is 21.9. The smallest absolute Gasteiger partial charge is 0.243 e. The molecule has 1 aromatic rings. The number of likely N-dealkylation sites (N-methyl/N-ethyl adjacent to an activating group) is 1. The molecule has 1 aromatic carbocycles. The number of nitrogens with zero attached hydrogens (tertiary/aromatic N) is 1. The van der Waals surface area contributed by atoms with E-state index < -0.39 is 48.3 Å². The van der Waals surface area contributed by atoms with Crippen molar-refractivity contribution in [3.8, 4) is 0 Å². The van der Waals surface area contributed by atoms with Crippen LogP contribution in [0.25, 0.3) is 5.57 Å². The lowest BCUT2D eigenvalue weighted by atomic mass is 9.77. The Hall–Kier alpha value is -3.41. The molecule has 3 rings (SSSR count). The van der Waals surface area contributed by atoms with Gasteiger partial charge >= 0.3 is 0 Å². The van der Waals surface area contributed by atoms with E-state index in [1.54, 1.807) is 32.9 Å². The number of aliphatic hydroxyl groups excluding tert-OH is 1. The Bertz CT molecular complexity index is 1760. The minimum atomic E-state index is -0.981. The zero-order valence-corrected chi connectivity index (χ0v) is 44.3. The van der Waals surface area contributed by atoms with E-state index in [2.05, 4.69) is 45.3 Å². The van der Waals surface area contributed by atoms with Crippen LogP contribution < -0.4 is 10.6 Å². The molecule has 380 valence electrons. The molecule has 67 heavy (non-hydrogen) atoms. The maximum absolute atomic E-state index is 15.4. The third-order valence-corrected chi connectivity index (χ3v) is 15.0. The van der Waals surface area contributed by atoms with Gasteiger partial charge in [0, 0.05) is 26.0 Å². The summed E-state index contributed by atoms with van der Waals surface area (Å²) in [5, 5.41) is 18.8. The highest BCUT2D eigenvalue weighted by Crippen LogP contribution is 2.46. The van der Waals surface area contributed by atoms with E-state index in [-0.39, 0.29) is 71.0 Å². The largest absolute Gasteiger partial charge is 0.391 e. The molecule has 11 heteroatoms. The number of unbranched alkanes of at least 4 members (excludes halogenated alkanes) is 2. The third-order valence-electron chi connectivity index (χ3n) is 15.0. The number of ketones is 1. The number of aldehydes is 1. The molecule has 0 aliphatic heterocycles. The predicted molar refractivity (Wildman–Crippen MR) is 270 cm³/mol. The van der Waals surface area contributed by atoms with Crippen molar-refractivity contribution >= 4 is 35.4 Å². The third kappa shape index (κ3) is 16.6. The van der Waals surface area contributed by atoms with Gasteiger partial charge in [0.1, 0.15) is 24.5 Å². The number of hydrogen-bond donors (Lipinski definition) is 3. The second kappa shape index (κ2) is 27.7. The molecule has 12 unspecified atom stereocenters. The summed E-state index contributed by atoms with van der Waals surface area (Å²) in [6.07, 6.45) is 10.0. The molecule has 11 nitrogen and oxygen atoms in total. The summed E-state index contributed by atoms with van der Waals surface area (Å²) in [5.41, 5.74) is 2.41. The van der Waals surface area contributed by atoms with Crippen molar-refractivity contribution in [1.82, 2.24) is 15.5 Å². The topological polar surface area (TPSA) is 151 Å². The van der Waals surface area contributed by atoms with Gasteiger partial charge < -0.3 is 34.9 Å². The lowest BCUT2D eigenvalue weighted by Gasteiger charge is -2.36. The van der Waals surface area contributed by atoms with E-state index in [0.29, 0.717) is 30.8 Å². The van der Waals surface area contributed by atoms with Crippen LogP contribution in [0.15, 0.2) is 30.3 Å². The Morgan fingerprint density at radius 1 is 0.821 bits per heavy atom. The number of carbonyl (C=O) groups excluding carboxylic acids is 5. The van der Waals surface area contributed by atoms with E-state index in [9.17, 15) is 19.5 Å². The summed E-state index contributed by atoms with van der Waals surface area (Å²) < 4.78 is 11.9. The second-order valence-electron chi connectivity index (χ2n) is 21.9. The van der Waals surface area contributed by atoms with Crippen LogP contribution in [0, 0.1) is 59.2 Å². The molecular weight excluding hydrogens is 843 g/mol. The molecule has 0 spiro atoms. The van der Waals surface area contributed by atoms with Gasteiger partial charge in [-0.15, -0.1) is 0 Å². The quantitative estimate of drug-likeness (QED) is 0.0604. The highest BCUT2D eigenvalue weighted by molar-refractivity contribution is 6.01. The number of fused-ring (bicyclic) bond motifs is 1. The minimum Gasteiger partial charge on any atom is -0.391 e. The Morgan fingerprint density at radius 2 is 1.42 bits per heavy atom. The zero-order valence-electron chi connectivity index (χ0n) is 44.3. The molecule has 0 bridgehead atoms. The summed E-state index contributed by atoms with van der Waals surface area (Å²) >= 11 is 0. The number of methoxy groups -OCH3 is 1. The molecule has 0 radical (unpaired) electrons. The summed E-state index contributed by atoms with van der Waals surface area (Å²) in [4.78, 5) is 72.1. The Morgan fingerprint density at radius 3 is 1.99 bits per heavy atom. The van der Waals surface area contributed by atoms with E-state index in [1.807, 2.05) is 71.9 Å². The molecule has 0 heterocycles. The molecule has 3 N–H and O–H groups in total. The Balaban J connectivity index is 2.04. The first-order valence-electron chi connectivity index (χ1n) is 26.1. The average Bonchev–Trinajstić information content (AvgIpc) is 3.96. The fourth-order valence-corrected chi connectivity index (χ4v) is 10.6. The monoisotopic (exact) mass is 936 g/mol. The minimum absolute atomic E-state index is 0.0243. The number of aliphatic hydroxyl groups is 1. The van der Waals surface area contributed by atoms with Gasteiger partial charge in [0.2, 0.25) is 17.7 Å². The van der Waals surface area contributed by atoms with Crippen molar-refractivity contribution in [2.24, 2.45) is 59.2 Å². The number of ether oxygens (including phenoxy) is 2. The number of carbonyl (C=O) groups is 5. The van der Waals surface area contributed by atoms with Crippen LogP contribution in [0.5, 0.6) is 0 Å². The summed E-state index contributed by atoms with van der Waals surface area (Å²) in [5.74, 6) is -2.48. The summed E-state index contributed by atoms with van der Waals surface area (Å²) in [6.45, 7) is 26.3. The van der Waals surface area contributed by atoms with Crippen LogP contribution in [0.2, 0.25) is 0 Å². The molecule has 3 amide bonds. The number of hydrogen-bond acceptors (Lipinski definition) is 8. The van der Waals surface area contributed by atoms with Gasteiger partial charge in [-0.25, -0.2) is 0 Å². The molecule has 0 saturated heterocycles. The number of benzene rings is 1. The molecule has 2 aliphatic carbocycles. The van der Waals surface area contributed by atoms with E-state index in [4.69, 9.17) is 9.47 Å². The highest BCUT2D eigenvalue weighted by atomic mass is 16.5. The fourth-order valence-electron chi connectivity index (χ4n) is 10.6.